The third-order valence-electron chi connectivity index (χ3n) is 2.88. The van der Waals surface area contributed by atoms with Crippen molar-refractivity contribution in [3.05, 3.63) is 12.2 Å². The Bertz CT molecular complexity index is 271. The van der Waals surface area contributed by atoms with Crippen molar-refractivity contribution >= 4 is 14.7 Å². The zero-order valence-corrected chi connectivity index (χ0v) is 13.0. The van der Waals surface area contributed by atoms with Gasteiger partial charge >= 0.3 is 8.80 Å². The molecule has 106 valence electrons. The lowest BCUT2D eigenvalue weighted by Crippen LogP contribution is -2.43. The molecule has 1 amide bonds. The topological polar surface area (TPSA) is 56.8 Å². The summed E-state index contributed by atoms with van der Waals surface area (Å²) >= 11 is 0. The van der Waals surface area contributed by atoms with Gasteiger partial charge < -0.3 is 18.6 Å². The van der Waals surface area contributed by atoms with E-state index < -0.39 is 8.80 Å². The van der Waals surface area contributed by atoms with Crippen molar-refractivity contribution in [1.82, 2.24) is 5.32 Å². The first kappa shape index (κ1) is 17.3. The molecule has 1 unspecified atom stereocenters. The summed E-state index contributed by atoms with van der Waals surface area (Å²) in [6.45, 7) is 7.97. The van der Waals surface area contributed by atoms with Gasteiger partial charge in [-0.05, 0) is 19.3 Å². The second-order valence-corrected chi connectivity index (χ2v) is 7.52. The Balaban J connectivity index is 4.06. The highest BCUT2D eigenvalue weighted by Gasteiger charge is 2.37. The van der Waals surface area contributed by atoms with Crippen LogP contribution in [0.1, 0.15) is 20.3 Å². The summed E-state index contributed by atoms with van der Waals surface area (Å²) in [7, 11) is 2.32. The van der Waals surface area contributed by atoms with Gasteiger partial charge in [-0.2, -0.15) is 0 Å². The van der Waals surface area contributed by atoms with Crippen molar-refractivity contribution in [2.75, 3.05) is 27.9 Å². The SMILES string of the molecule is C=C(C)C(=O)NCC(C)CC[Si](OC)(OC)OC. The summed E-state index contributed by atoms with van der Waals surface area (Å²) in [6.07, 6.45) is 0.873. The minimum absolute atomic E-state index is 0.101. The molecule has 0 radical (unpaired) electrons. The Labute approximate surface area is 111 Å². The predicted molar refractivity (Wildman–Crippen MR) is 73.2 cm³/mol. The highest BCUT2D eigenvalue weighted by atomic mass is 28.4. The van der Waals surface area contributed by atoms with Gasteiger partial charge in [-0.25, -0.2) is 0 Å². The second kappa shape index (κ2) is 8.42. The van der Waals surface area contributed by atoms with Gasteiger partial charge in [0.2, 0.25) is 5.91 Å². The quantitative estimate of drug-likeness (QED) is 0.513. The highest BCUT2D eigenvalue weighted by molar-refractivity contribution is 6.60. The van der Waals surface area contributed by atoms with Crippen LogP contribution in [0.2, 0.25) is 6.04 Å². The smallest absolute Gasteiger partial charge is 0.377 e. The van der Waals surface area contributed by atoms with Crippen LogP contribution in [0, 0.1) is 5.92 Å². The van der Waals surface area contributed by atoms with Gasteiger partial charge in [0, 0.05) is 39.5 Å². The molecule has 1 atom stereocenters. The normalized spacial score (nSPS) is 13.2. The minimum atomic E-state index is -2.49. The molecule has 0 aliphatic heterocycles. The fourth-order valence-corrected chi connectivity index (χ4v) is 3.46. The molecule has 0 heterocycles. The van der Waals surface area contributed by atoms with Crippen LogP contribution in [0.25, 0.3) is 0 Å². The van der Waals surface area contributed by atoms with E-state index in [2.05, 4.69) is 18.8 Å². The number of rotatable bonds is 9. The van der Waals surface area contributed by atoms with Gasteiger partial charge in [0.1, 0.15) is 0 Å². The third kappa shape index (κ3) is 5.77. The second-order valence-electron chi connectivity index (χ2n) is 4.43. The van der Waals surface area contributed by atoms with Gasteiger partial charge in [-0.15, -0.1) is 0 Å². The molecule has 0 rings (SSSR count). The number of carbonyl (C=O) groups excluding carboxylic acids is 1. The maximum Gasteiger partial charge on any atom is 0.500 e. The molecule has 0 saturated heterocycles. The van der Waals surface area contributed by atoms with E-state index in [4.69, 9.17) is 13.3 Å². The molecule has 0 spiro atoms. The van der Waals surface area contributed by atoms with Crippen LogP contribution in [0.4, 0.5) is 0 Å². The molecule has 0 aromatic carbocycles. The largest absolute Gasteiger partial charge is 0.500 e. The Morgan fingerprint density at radius 1 is 1.28 bits per heavy atom. The van der Waals surface area contributed by atoms with E-state index in [-0.39, 0.29) is 5.91 Å². The van der Waals surface area contributed by atoms with Crippen molar-refractivity contribution < 1.29 is 18.1 Å². The molecule has 0 aliphatic carbocycles. The molecule has 0 saturated carbocycles. The molecule has 0 aromatic rings. The van der Waals surface area contributed by atoms with Gasteiger partial charge in [0.15, 0.2) is 0 Å². The van der Waals surface area contributed by atoms with Crippen LogP contribution < -0.4 is 5.32 Å². The molecular formula is C12H25NO4Si. The maximum absolute atomic E-state index is 11.3. The first-order valence-electron chi connectivity index (χ1n) is 6.00. The summed E-state index contributed by atoms with van der Waals surface area (Å²) in [5, 5.41) is 2.83. The lowest BCUT2D eigenvalue weighted by atomic mass is 10.1. The molecule has 18 heavy (non-hydrogen) atoms. The fourth-order valence-electron chi connectivity index (χ4n) is 1.50. The monoisotopic (exact) mass is 275 g/mol. The average Bonchev–Trinajstić information content (AvgIpc) is 2.38. The summed E-state index contributed by atoms with van der Waals surface area (Å²) in [5.41, 5.74) is 0.525. The number of hydrogen-bond acceptors (Lipinski definition) is 4. The third-order valence-corrected chi connectivity index (χ3v) is 5.64. The summed E-state index contributed by atoms with van der Waals surface area (Å²) in [4.78, 5) is 11.3. The van der Waals surface area contributed by atoms with Gasteiger partial charge in [0.05, 0.1) is 0 Å². The first-order valence-corrected chi connectivity index (χ1v) is 7.93. The van der Waals surface area contributed by atoms with Crippen molar-refractivity contribution in [1.29, 1.82) is 0 Å². The molecule has 1 N–H and O–H groups in total. The van der Waals surface area contributed by atoms with E-state index in [9.17, 15) is 4.79 Å². The summed E-state index contributed by atoms with van der Waals surface area (Å²) in [6, 6.07) is 0.737. The zero-order valence-electron chi connectivity index (χ0n) is 12.0. The molecule has 0 fully saturated rings. The predicted octanol–water partition coefficient (Wildman–Crippen LogP) is 1.58. The highest BCUT2D eigenvalue weighted by Crippen LogP contribution is 2.18. The lowest BCUT2D eigenvalue weighted by molar-refractivity contribution is -0.117. The van der Waals surface area contributed by atoms with E-state index in [1.807, 2.05) is 0 Å². The summed E-state index contributed by atoms with van der Waals surface area (Å²) in [5.74, 6) is 0.233. The number of amides is 1. The van der Waals surface area contributed by atoms with Crippen LogP contribution in [0.15, 0.2) is 12.2 Å². The minimum Gasteiger partial charge on any atom is -0.377 e. The van der Waals surface area contributed by atoms with E-state index >= 15 is 0 Å². The van der Waals surface area contributed by atoms with E-state index in [1.54, 1.807) is 28.3 Å². The van der Waals surface area contributed by atoms with Crippen LogP contribution >= 0.6 is 0 Å². The van der Waals surface area contributed by atoms with E-state index in [1.165, 1.54) is 0 Å². The molecular weight excluding hydrogens is 250 g/mol. The molecule has 0 aromatic heterocycles. The first-order chi connectivity index (χ1) is 8.40. The number of hydrogen-bond donors (Lipinski definition) is 1. The molecule has 6 heteroatoms. The summed E-state index contributed by atoms with van der Waals surface area (Å²) < 4.78 is 16.0. The van der Waals surface area contributed by atoms with Crippen molar-refractivity contribution in [2.45, 2.75) is 26.3 Å². The van der Waals surface area contributed by atoms with E-state index in [0.717, 1.165) is 12.5 Å². The Kier molecular flexibility index (Phi) is 8.09. The standard InChI is InChI=1S/C12H25NO4Si/c1-10(2)12(14)13-9-11(3)7-8-18(15-4,16-5)17-6/h11H,1,7-9H2,2-6H3,(H,13,14). The van der Waals surface area contributed by atoms with Crippen LogP contribution in [0.5, 0.6) is 0 Å². The van der Waals surface area contributed by atoms with Crippen LogP contribution in [-0.2, 0) is 18.1 Å². The van der Waals surface area contributed by atoms with Gasteiger partial charge in [0.25, 0.3) is 0 Å². The zero-order chi connectivity index (χ0) is 14.2. The van der Waals surface area contributed by atoms with Gasteiger partial charge in [-0.3, -0.25) is 4.79 Å². The average molecular weight is 275 g/mol. The Hall–Kier alpha value is -0.693. The van der Waals surface area contributed by atoms with Crippen LogP contribution in [0.3, 0.4) is 0 Å². The number of carbonyl (C=O) groups is 1. The van der Waals surface area contributed by atoms with Crippen LogP contribution in [-0.4, -0.2) is 42.6 Å². The van der Waals surface area contributed by atoms with Gasteiger partial charge in [-0.1, -0.05) is 13.5 Å². The van der Waals surface area contributed by atoms with Crippen molar-refractivity contribution in [3.63, 3.8) is 0 Å². The van der Waals surface area contributed by atoms with Crippen molar-refractivity contribution in [3.8, 4) is 0 Å². The van der Waals surface area contributed by atoms with E-state index in [0.29, 0.717) is 18.0 Å². The molecule has 0 bridgehead atoms. The fraction of sp³-hybridized carbons (Fsp3) is 0.750. The Morgan fingerprint density at radius 2 is 1.78 bits per heavy atom. The lowest BCUT2D eigenvalue weighted by Gasteiger charge is -2.25. The van der Waals surface area contributed by atoms with Crippen molar-refractivity contribution in [2.24, 2.45) is 5.92 Å². The number of nitrogens with one attached hydrogen (secondary N) is 1. The molecule has 0 aliphatic rings. The Morgan fingerprint density at radius 3 is 2.17 bits per heavy atom. The maximum atomic E-state index is 11.3. The molecule has 5 nitrogen and oxygen atoms in total.